The minimum atomic E-state index is 0. The highest BCUT2D eigenvalue weighted by atomic mass is 35.5. The highest BCUT2D eigenvalue weighted by molar-refractivity contribution is 7.99. The summed E-state index contributed by atoms with van der Waals surface area (Å²) in [5.74, 6) is 1.65. The van der Waals surface area contributed by atoms with Gasteiger partial charge in [0.2, 0.25) is 5.91 Å². The van der Waals surface area contributed by atoms with Crippen LogP contribution in [0.5, 0.6) is 0 Å². The van der Waals surface area contributed by atoms with Crippen LogP contribution in [0.2, 0.25) is 0 Å². The quantitative estimate of drug-likeness (QED) is 0.824. The molecule has 2 fully saturated rings. The molecule has 0 aromatic heterocycles. The van der Waals surface area contributed by atoms with E-state index in [1.54, 1.807) is 0 Å². The van der Waals surface area contributed by atoms with Gasteiger partial charge in [0, 0.05) is 17.8 Å². The summed E-state index contributed by atoms with van der Waals surface area (Å²) in [6.07, 6.45) is 4.71. The molecule has 1 aliphatic carbocycles. The number of carbonyl (C=O) groups excluding carboxylic acids is 1. The standard InChI is InChI=1S/C12H22N2OS.ClH/c1-2-16-11-5-3-4-10(11)14-12(15)9-6-7-13-8-9;/h9-11,13H,2-8H2,1H3,(H,14,15);1H. The lowest BCUT2D eigenvalue weighted by atomic mass is 10.1. The van der Waals surface area contributed by atoms with Gasteiger partial charge in [-0.3, -0.25) is 4.79 Å². The van der Waals surface area contributed by atoms with Gasteiger partial charge in [-0.2, -0.15) is 11.8 Å². The zero-order valence-corrected chi connectivity index (χ0v) is 12.0. The van der Waals surface area contributed by atoms with Gasteiger partial charge in [0.05, 0.1) is 5.92 Å². The molecule has 100 valence electrons. The Labute approximate surface area is 114 Å². The number of amides is 1. The average Bonchev–Trinajstić information content (AvgIpc) is 2.90. The smallest absolute Gasteiger partial charge is 0.224 e. The van der Waals surface area contributed by atoms with E-state index in [9.17, 15) is 4.79 Å². The van der Waals surface area contributed by atoms with Crippen molar-refractivity contribution in [1.29, 1.82) is 0 Å². The summed E-state index contributed by atoms with van der Waals surface area (Å²) in [7, 11) is 0. The highest BCUT2D eigenvalue weighted by Crippen LogP contribution is 2.30. The molecular weight excluding hydrogens is 256 g/mol. The van der Waals surface area contributed by atoms with Gasteiger partial charge in [-0.1, -0.05) is 13.3 Å². The molecular formula is C12H23ClN2OS. The second-order valence-corrected chi connectivity index (χ2v) is 6.25. The van der Waals surface area contributed by atoms with Gasteiger partial charge in [-0.25, -0.2) is 0 Å². The van der Waals surface area contributed by atoms with E-state index in [1.165, 1.54) is 19.3 Å². The number of rotatable bonds is 4. The fourth-order valence-corrected chi connectivity index (χ4v) is 3.88. The summed E-state index contributed by atoms with van der Waals surface area (Å²) in [5.41, 5.74) is 0. The molecule has 3 atom stereocenters. The van der Waals surface area contributed by atoms with Gasteiger partial charge in [0.1, 0.15) is 0 Å². The Morgan fingerprint density at radius 2 is 2.24 bits per heavy atom. The third kappa shape index (κ3) is 4.04. The second kappa shape index (κ2) is 7.49. The maximum Gasteiger partial charge on any atom is 0.224 e. The van der Waals surface area contributed by atoms with Gasteiger partial charge in [-0.15, -0.1) is 12.4 Å². The molecule has 0 radical (unpaired) electrons. The third-order valence-electron chi connectivity index (χ3n) is 3.59. The summed E-state index contributed by atoms with van der Waals surface area (Å²) in [5, 5.41) is 7.16. The minimum Gasteiger partial charge on any atom is -0.352 e. The van der Waals surface area contributed by atoms with E-state index in [4.69, 9.17) is 0 Å². The van der Waals surface area contributed by atoms with Crippen LogP contribution >= 0.6 is 24.2 Å². The van der Waals surface area contributed by atoms with Gasteiger partial charge in [-0.05, 0) is 31.6 Å². The van der Waals surface area contributed by atoms with Crippen molar-refractivity contribution in [3.05, 3.63) is 0 Å². The zero-order valence-electron chi connectivity index (χ0n) is 10.4. The maximum atomic E-state index is 12.0. The number of carbonyl (C=O) groups is 1. The number of hydrogen-bond acceptors (Lipinski definition) is 3. The Morgan fingerprint density at radius 1 is 1.41 bits per heavy atom. The Balaban J connectivity index is 0.00000144. The second-order valence-electron chi connectivity index (χ2n) is 4.73. The van der Waals surface area contributed by atoms with E-state index in [2.05, 4.69) is 17.6 Å². The minimum absolute atomic E-state index is 0. The van der Waals surface area contributed by atoms with Crippen molar-refractivity contribution < 1.29 is 4.79 Å². The molecule has 1 saturated heterocycles. The zero-order chi connectivity index (χ0) is 11.4. The van der Waals surface area contributed by atoms with Crippen molar-refractivity contribution in [3.63, 3.8) is 0 Å². The normalized spacial score (nSPS) is 32.2. The van der Waals surface area contributed by atoms with Crippen molar-refractivity contribution in [3.8, 4) is 0 Å². The van der Waals surface area contributed by atoms with Crippen LogP contribution in [0.3, 0.4) is 0 Å². The Hall–Kier alpha value is 0.0700. The van der Waals surface area contributed by atoms with E-state index in [-0.39, 0.29) is 24.2 Å². The highest BCUT2D eigenvalue weighted by Gasteiger charge is 2.31. The maximum absolute atomic E-state index is 12.0. The Kier molecular flexibility index (Phi) is 6.67. The summed E-state index contributed by atoms with van der Waals surface area (Å²) in [4.78, 5) is 12.0. The number of halogens is 1. The lowest BCUT2D eigenvalue weighted by Gasteiger charge is -2.21. The molecule has 1 heterocycles. The van der Waals surface area contributed by atoms with Crippen LogP contribution in [0.4, 0.5) is 0 Å². The van der Waals surface area contributed by atoms with Crippen LogP contribution in [0.15, 0.2) is 0 Å². The summed E-state index contributed by atoms with van der Waals surface area (Å²) >= 11 is 2.00. The molecule has 1 saturated carbocycles. The number of hydrogen-bond donors (Lipinski definition) is 2. The molecule has 3 unspecified atom stereocenters. The van der Waals surface area contributed by atoms with Crippen LogP contribution in [0.1, 0.15) is 32.6 Å². The molecule has 2 aliphatic rings. The SMILES string of the molecule is CCSC1CCCC1NC(=O)C1CCNC1.Cl. The molecule has 0 spiro atoms. The first kappa shape index (κ1) is 15.1. The van der Waals surface area contributed by atoms with E-state index < -0.39 is 0 Å². The van der Waals surface area contributed by atoms with Crippen molar-refractivity contribution in [2.75, 3.05) is 18.8 Å². The van der Waals surface area contributed by atoms with E-state index in [0.717, 1.165) is 25.3 Å². The predicted molar refractivity (Wildman–Crippen MR) is 75.9 cm³/mol. The van der Waals surface area contributed by atoms with Crippen LogP contribution in [-0.4, -0.2) is 36.0 Å². The molecule has 1 amide bonds. The monoisotopic (exact) mass is 278 g/mol. The van der Waals surface area contributed by atoms with Crippen molar-refractivity contribution in [2.45, 2.75) is 43.9 Å². The van der Waals surface area contributed by atoms with E-state index >= 15 is 0 Å². The number of thioether (sulfide) groups is 1. The van der Waals surface area contributed by atoms with Crippen molar-refractivity contribution in [2.24, 2.45) is 5.92 Å². The molecule has 3 nitrogen and oxygen atoms in total. The summed E-state index contributed by atoms with van der Waals surface area (Å²) < 4.78 is 0. The Morgan fingerprint density at radius 3 is 2.88 bits per heavy atom. The fraction of sp³-hybridized carbons (Fsp3) is 0.917. The third-order valence-corrected chi connectivity index (χ3v) is 4.92. The van der Waals surface area contributed by atoms with Crippen molar-refractivity contribution >= 4 is 30.1 Å². The van der Waals surface area contributed by atoms with Crippen LogP contribution < -0.4 is 10.6 Å². The summed E-state index contributed by atoms with van der Waals surface area (Å²) in [6.45, 7) is 4.06. The van der Waals surface area contributed by atoms with E-state index in [0.29, 0.717) is 11.3 Å². The van der Waals surface area contributed by atoms with Gasteiger partial charge in [0.25, 0.3) is 0 Å². The largest absolute Gasteiger partial charge is 0.352 e. The first-order chi connectivity index (χ1) is 7.81. The average molecular weight is 279 g/mol. The van der Waals surface area contributed by atoms with Crippen LogP contribution in [0.25, 0.3) is 0 Å². The van der Waals surface area contributed by atoms with Crippen molar-refractivity contribution in [1.82, 2.24) is 10.6 Å². The lowest BCUT2D eigenvalue weighted by Crippen LogP contribution is -2.42. The summed E-state index contributed by atoms with van der Waals surface area (Å²) in [6, 6.07) is 0.429. The fourth-order valence-electron chi connectivity index (χ4n) is 2.68. The molecule has 0 aromatic carbocycles. The first-order valence-corrected chi connectivity index (χ1v) is 7.49. The van der Waals surface area contributed by atoms with Crippen LogP contribution in [-0.2, 0) is 4.79 Å². The van der Waals surface area contributed by atoms with Gasteiger partial charge in [0.15, 0.2) is 0 Å². The number of nitrogens with one attached hydrogen (secondary N) is 2. The van der Waals surface area contributed by atoms with Gasteiger partial charge >= 0.3 is 0 Å². The molecule has 0 aromatic rings. The molecule has 2 N–H and O–H groups in total. The molecule has 1 aliphatic heterocycles. The molecule has 5 heteroatoms. The predicted octanol–water partition coefficient (Wildman–Crippen LogP) is 1.81. The lowest BCUT2D eigenvalue weighted by molar-refractivity contribution is -0.125. The van der Waals surface area contributed by atoms with Gasteiger partial charge < -0.3 is 10.6 Å². The first-order valence-electron chi connectivity index (χ1n) is 6.44. The molecule has 2 rings (SSSR count). The van der Waals surface area contributed by atoms with Crippen LogP contribution in [0, 0.1) is 5.92 Å². The Bertz CT molecular complexity index is 247. The van der Waals surface area contributed by atoms with E-state index in [1.807, 2.05) is 11.8 Å². The molecule has 0 bridgehead atoms. The topological polar surface area (TPSA) is 41.1 Å². The molecule has 17 heavy (non-hydrogen) atoms.